The van der Waals surface area contributed by atoms with Gasteiger partial charge in [-0.1, -0.05) is 13.8 Å². The molecule has 1 fully saturated rings. The van der Waals surface area contributed by atoms with Crippen molar-refractivity contribution in [3.63, 3.8) is 0 Å². The Hall–Kier alpha value is -1.62. The van der Waals surface area contributed by atoms with Gasteiger partial charge in [0.1, 0.15) is 5.56 Å². The molecule has 1 aromatic rings. The van der Waals surface area contributed by atoms with Crippen LogP contribution in [-0.2, 0) is 0 Å². The third kappa shape index (κ3) is 3.18. The van der Waals surface area contributed by atoms with Crippen molar-refractivity contribution in [1.82, 2.24) is 14.8 Å². The number of carbonyl (C=O) groups is 1. The van der Waals surface area contributed by atoms with Crippen molar-refractivity contribution >= 4 is 5.91 Å². The molecule has 0 aliphatic carbocycles. The first-order chi connectivity index (χ1) is 9.93. The van der Waals surface area contributed by atoms with Gasteiger partial charge >= 0.3 is 0 Å². The largest absolute Gasteiger partial charge is 0.336 e. The van der Waals surface area contributed by atoms with Crippen molar-refractivity contribution in [2.45, 2.75) is 39.7 Å². The third-order valence-corrected chi connectivity index (χ3v) is 3.89. The van der Waals surface area contributed by atoms with Crippen LogP contribution in [0.1, 0.15) is 55.7 Å². The van der Waals surface area contributed by atoms with Gasteiger partial charge in [0.15, 0.2) is 0 Å². The van der Waals surface area contributed by atoms with Gasteiger partial charge in [0.05, 0.1) is 0 Å². The quantitative estimate of drug-likeness (QED) is 0.920. The van der Waals surface area contributed by atoms with Gasteiger partial charge in [0, 0.05) is 37.9 Å². The molecule has 5 heteroatoms. The van der Waals surface area contributed by atoms with Crippen LogP contribution in [0, 0.1) is 0 Å². The van der Waals surface area contributed by atoms with Crippen LogP contribution in [0.2, 0.25) is 0 Å². The average molecular weight is 291 g/mol. The molecule has 1 N–H and O–H groups in total. The minimum Gasteiger partial charge on any atom is -0.336 e. The van der Waals surface area contributed by atoms with Crippen molar-refractivity contribution in [3.8, 4) is 0 Å². The SMILES string of the molecule is CC(C)c1ccc(C(=O)N2CCNCC2)c(=O)n1C(C)C. The molecule has 1 saturated heterocycles. The van der Waals surface area contributed by atoms with Crippen LogP contribution in [-0.4, -0.2) is 41.6 Å². The minimum atomic E-state index is -0.167. The highest BCUT2D eigenvalue weighted by Crippen LogP contribution is 2.17. The maximum Gasteiger partial charge on any atom is 0.263 e. The molecule has 2 rings (SSSR count). The maximum absolute atomic E-state index is 12.7. The number of aromatic nitrogens is 1. The first-order valence-corrected chi connectivity index (χ1v) is 7.69. The number of nitrogens with one attached hydrogen (secondary N) is 1. The molecule has 1 aromatic heterocycles. The number of piperazine rings is 1. The molecule has 1 amide bonds. The van der Waals surface area contributed by atoms with E-state index in [-0.39, 0.29) is 29.0 Å². The molecule has 5 nitrogen and oxygen atoms in total. The highest BCUT2D eigenvalue weighted by molar-refractivity contribution is 5.94. The Labute approximate surface area is 126 Å². The van der Waals surface area contributed by atoms with Crippen LogP contribution < -0.4 is 10.9 Å². The fourth-order valence-corrected chi connectivity index (χ4v) is 2.77. The lowest BCUT2D eigenvalue weighted by atomic mass is 10.1. The minimum absolute atomic E-state index is 0.0469. The Kier molecular flexibility index (Phi) is 4.83. The van der Waals surface area contributed by atoms with Crippen molar-refractivity contribution < 1.29 is 4.79 Å². The summed E-state index contributed by atoms with van der Waals surface area (Å²) in [6.45, 7) is 11.0. The van der Waals surface area contributed by atoms with Gasteiger partial charge in [-0.25, -0.2) is 0 Å². The normalized spacial score (nSPS) is 15.8. The fraction of sp³-hybridized carbons (Fsp3) is 0.625. The molecule has 0 saturated carbocycles. The van der Waals surface area contributed by atoms with E-state index in [1.54, 1.807) is 15.5 Å². The van der Waals surface area contributed by atoms with Gasteiger partial charge in [-0.3, -0.25) is 9.59 Å². The van der Waals surface area contributed by atoms with E-state index in [0.717, 1.165) is 18.8 Å². The molecule has 0 spiro atoms. The number of pyridine rings is 1. The van der Waals surface area contributed by atoms with Crippen molar-refractivity contribution in [2.75, 3.05) is 26.2 Å². The molecule has 0 bridgehead atoms. The lowest BCUT2D eigenvalue weighted by molar-refractivity contribution is 0.0733. The Balaban J connectivity index is 2.43. The fourth-order valence-electron chi connectivity index (χ4n) is 2.77. The van der Waals surface area contributed by atoms with Gasteiger partial charge in [-0.15, -0.1) is 0 Å². The van der Waals surface area contributed by atoms with Crippen LogP contribution in [0.25, 0.3) is 0 Å². The number of hydrogen-bond acceptors (Lipinski definition) is 3. The molecule has 21 heavy (non-hydrogen) atoms. The third-order valence-electron chi connectivity index (χ3n) is 3.89. The number of hydrogen-bond donors (Lipinski definition) is 1. The number of carbonyl (C=O) groups excluding carboxylic acids is 1. The van der Waals surface area contributed by atoms with E-state index >= 15 is 0 Å². The zero-order valence-corrected chi connectivity index (χ0v) is 13.3. The summed E-state index contributed by atoms with van der Waals surface area (Å²) in [5.74, 6) is 0.106. The molecular weight excluding hydrogens is 266 g/mol. The summed E-state index contributed by atoms with van der Waals surface area (Å²) in [6, 6.07) is 3.66. The Morgan fingerprint density at radius 3 is 2.29 bits per heavy atom. The predicted molar refractivity (Wildman–Crippen MR) is 83.9 cm³/mol. The maximum atomic E-state index is 12.7. The smallest absolute Gasteiger partial charge is 0.263 e. The molecular formula is C16H25N3O2. The van der Waals surface area contributed by atoms with E-state index in [9.17, 15) is 9.59 Å². The Morgan fingerprint density at radius 2 is 1.76 bits per heavy atom. The molecule has 0 unspecified atom stereocenters. The topological polar surface area (TPSA) is 54.3 Å². The van der Waals surface area contributed by atoms with E-state index in [4.69, 9.17) is 0 Å². The Bertz CT molecular complexity index is 569. The summed E-state index contributed by atoms with van der Waals surface area (Å²) in [4.78, 5) is 27.0. The van der Waals surface area contributed by atoms with E-state index in [1.165, 1.54) is 0 Å². The number of nitrogens with zero attached hydrogens (tertiary/aromatic N) is 2. The van der Waals surface area contributed by atoms with E-state index < -0.39 is 0 Å². The molecule has 116 valence electrons. The molecule has 0 radical (unpaired) electrons. The molecule has 0 aromatic carbocycles. The van der Waals surface area contributed by atoms with E-state index in [1.807, 2.05) is 19.9 Å². The molecule has 0 atom stereocenters. The summed E-state index contributed by atoms with van der Waals surface area (Å²) >= 11 is 0. The van der Waals surface area contributed by atoms with Crippen LogP contribution in [0.3, 0.4) is 0 Å². The average Bonchev–Trinajstić information content (AvgIpc) is 2.46. The number of amides is 1. The zero-order chi connectivity index (χ0) is 15.6. The number of rotatable bonds is 3. The van der Waals surface area contributed by atoms with Crippen molar-refractivity contribution in [3.05, 3.63) is 33.7 Å². The van der Waals surface area contributed by atoms with Gasteiger partial charge in [0.25, 0.3) is 11.5 Å². The first-order valence-electron chi connectivity index (χ1n) is 7.69. The summed E-state index contributed by atoms with van der Waals surface area (Å²) in [7, 11) is 0. The highest BCUT2D eigenvalue weighted by atomic mass is 16.2. The monoisotopic (exact) mass is 291 g/mol. The zero-order valence-electron chi connectivity index (χ0n) is 13.3. The second kappa shape index (κ2) is 6.43. The van der Waals surface area contributed by atoms with Crippen molar-refractivity contribution in [2.24, 2.45) is 0 Å². The van der Waals surface area contributed by atoms with Gasteiger partial charge in [-0.2, -0.15) is 0 Å². The summed E-state index contributed by atoms with van der Waals surface area (Å²) in [5.41, 5.74) is 1.10. The lowest BCUT2D eigenvalue weighted by Gasteiger charge is -2.28. The van der Waals surface area contributed by atoms with Gasteiger partial charge in [0.2, 0.25) is 0 Å². The molecule has 2 heterocycles. The van der Waals surface area contributed by atoms with Gasteiger partial charge < -0.3 is 14.8 Å². The lowest BCUT2D eigenvalue weighted by Crippen LogP contribution is -2.48. The van der Waals surface area contributed by atoms with Crippen LogP contribution in [0.5, 0.6) is 0 Å². The first kappa shape index (κ1) is 15.8. The molecule has 1 aliphatic heterocycles. The standard InChI is InChI=1S/C16H25N3O2/c1-11(2)14-6-5-13(16(21)19(14)12(3)4)15(20)18-9-7-17-8-10-18/h5-6,11-12,17H,7-10H2,1-4H3. The second-order valence-corrected chi connectivity index (χ2v) is 6.14. The highest BCUT2D eigenvalue weighted by Gasteiger charge is 2.23. The van der Waals surface area contributed by atoms with Crippen LogP contribution >= 0.6 is 0 Å². The Morgan fingerprint density at radius 1 is 1.14 bits per heavy atom. The van der Waals surface area contributed by atoms with E-state index in [2.05, 4.69) is 19.2 Å². The predicted octanol–water partition coefficient (Wildman–Crippen LogP) is 1.60. The van der Waals surface area contributed by atoms with Gasteiger partial charge in [-0.05, 0) is 31.9 Å². The van der Waals surface area contributed by atoms with Crippen LogP contribution in [0.4, 0.5) is 0 Å². The molecule has 1 aliphatic rings. The second-order valence-electron chi connectivity index (χ2n) is 6.14. The summed E-state index contributed by atoms with van der Waals surface area (Å²) < 4.78 is 1.75. The van der Waals surface area contributed by atoms with Crippen LogP contribution in [0.15, 0.2) is 16.9 Å². The summed E-state index contributed by atoms with van der Waals surface area (Å²) in [6.07, 6.45) is 0. The van der Waals surface area contributed by atoms with E-state index in [0.29, 0.717) is 13.1 Å². The van der Waals surface area contributed by atoms with Crippen molar-refractivity contribution in [1.29, 1.82) is 0 Å². The summed E-state index contributed by atoms with van der Waals surface area (Å²) in [5, 5.41) is 3.21.